The number of phenolic OH excluding ortho intramolecular Hbond substituents is 3. The fourth-order valence-corrected chi connectivity index (χ4v) is 2.21. The van der Waals surface area contributed by atoms with Gasteiger partial charge in [0.05, 0.1) is 0 Å². The smallest absolute Gasteiger partial charge is 0.123 e. The van der Waals surface area contributed by atoms with Gasteiger partial charge in [-0.2, -0.15) is 0 Å². The molecule has 3 aromatic carbocycles. The normalized spacial score (nSPS) is 10.7. The van der Waals surface area contributed by atoms with Crippen molar-refractivity contribution in [1.29, 1.82) is 0 Å². The number of phenols is 3. The first-order valence-corrected chi connectivity index (χ1v) is 5.89. The third kappa shape index (κ3) is 1.95. The van der Waals surface area contributed by atoms with E-state index >= 15 is 0 Å². The maximum atomic E-state index is 9.86. The quantitative estimate of drug-likeness (QED) is 0.619. The highest BCUT2D eigenvalue weighted by Crippen LogP contribution is 2.36. The van der Waals surface area contributed by atoms with Crippen molar-refractivity contribution in [2.75, 3.05) is 0 Å². The lowest BCUT2D eigenvalue weighted by Gasteiger charge is -2.09. The predicted octanol–water partition coefficient (Wildman–Crippen LogP) is 3.62. The molecule has 0 saturated heterocycles. The summed E-state index contributed by atoms with van der Waals surface area (Å²) in [6.07, 6.45) is 0. The molecular weight excluding hydrogens is 240 g/mol. The maximum Gasteiger partial charge on any atom is 0.123 e. The Hall–Kier alpha value is -2.68. The van der Waals surface area contributed by atoms with Crippen LogP contribution in [0, 0.1) is 0 Å². The van der Waals surface area contributed by atoms with Crippen molar-refractivity contribution < 1.29 is 15.3 Å². The van der Waals surface area contributed by atoms with Gasteiger partial charge in [-0.15, -0.1) is 0 Å². The number of aromatic hydroxyl groups is 3. The second-order valence-electron chi connectivity index (χ2n) is 4.41. The van der Waals surface area contributed by atoms with Crippen molar-refractivity contribution in [2.24, 2.45) is 0 Å². The Kier molecular flexibility index (Phi) is 2.53. The lowest BCUT2D eigenvalue weighted by atomic mass is 9.97. The van der Waals surface area contributed by atoms with Gasteiger partial charge in [-0.3, -0.25) is 0 Å². The molecule has 0 aliphatic heterocycles. The largest absolute Gasteiger partial charge is 0.508 e. The van der Waals surface area contributed by atoms with Gasteiger partial charge < -0.3 is 15.3 Å². The number of rotatable bonds is 1. The molecule has 0 fully saturated rings. The Morgan fingerprint density at radius 1 is 0.579 bits per heavy atom. The van der Waals surface area contributed by atoms with E-state index in [1.807, 2.05) is 18.2 Å². The van der Waals surface area contributed by atoms with E-state index in [1.165, 1.54) is 6.07 Å². The van der Waals surface area contributed by atoms with E-state index in [-0.39, 0.29) is 17.2 Å². The molecule has 3 heteroatoms. The zero-order valence-corrected chi connectivity index (χ0v) is 10.0. The minimum Gasteiger partial charge on any atom is -0.508 e. The van der Waals surface area contributed by atoms with Gasteiger partial charge in [0.25, 0.3) is 0 Å². The fraction of sp³-hybridized carbons (Fsp3) is 0. The summed E-state index contributed by atoms with van der Waals surface area (Å²) in [5.41, 5.74) is 1.88. The molecular formula is C16H12O3. The van der Waals surface area contributed by atoms with Crippen molar-refractivity contribution in [3.05, 3.63) is 54.6 Å². The van der Waals surface area contributed by atoms with Gasteiger partial charge in [-0.1, -0.05) is 18.2 Å². The molecule has 0 aliphatic carbocycles. The first-order valence-electron chi connectivity index (χ1n) is 5.89. The number of hydrogen-bond acceptors (Lipinski definition) is 3. The molecule has 3 aromatic rings. The summed E-state index contributed by atoms with van der Waals surface area (Å²) in [4.78, 5) is 0. The monoisotopic (exact) mass is 252 g/mol. The summed E-state index contributed by atoms with van der Waals surface area (Å²) in [7, 11) is 0. The van der Waals surface area contributed by atoms with E-state index in [4.69, 9.17) is 0 Å². The van der Waals surface area contributed by atoms with E-state index in [9.17, 15) is 15.3 Å². The molecule has 3 nitrogen and oxygen atoms in total. The van der Waals surface area contributed by atoms with Crippen LogP contribution in [0.15, 0.2) is 54.6 Å². The predicted molar refractivity (Wildman–Crippen MR) is 74.4 cm³/mol. The lowest BCUT2D eigenvalue weighted by molar-refractivity contribution is 0.471. The average Bonchev–Trinajstić information content (AvgIpc) is 2.41. The van der Waals surface area contributed by atoms with Crippen molar-refractivity contribution in [3.63, 3.8) is 0 Å². The van der Waals surface area contributed by atoms with Gasteiger partial charge in [0.1, 0.15) is 17.2 Å². The molecule has 3 N–H and O–H groups in total. The molecule has 0 amide bonds. The third-order valence-corrected chi connectivity index (χ3v) is 3.16. The van der Waals surface area contributed by atoms with Gasteiger partial charge in [0.2, 0.25) is 0 Å². The second kappa shape index (κ2) is 4.21. The summed E-state index contributed by atoms with van der Waals surface area (Å²) in [5.74, 6) is 0.462. The van der Waals surface area contributed by atoms with Crippen LogP contribution in [0.5, 0.6) is 17.2 Å². The Balaban J connectivity index is 2.30. The molecule has 0 aromatic heterocycles. The molecule has 19 heavy (non-hydrogen) atoms. The first kappa shape index (κ1) is 11.4. The van der Waals surface area contributed by atoms with E-state index in [2.05, 4.69) is 0 Å². The van der Waals surface area contributed by atoms with Crippen LogP contribution in [0.4, 0.5) is 0 Å². The van der Waals surface area contributed by atoms with Crippen LogP contribution in [0.3, 0.4) is 0 Å². The fourth-order valence-electron chi connectivity index (χ4n) is 2.21. The highest BCUT2D eigenvalue weighted by atomic mass is 16.3. The molecule has 0 unspecified atom stereocenters. The van der Waals surface area contributed by atoms with Crippen LogP contribution in [-0.4, -0.2) is 15.3 Å². The lowest BCUT2D eigenvalue weighted by Crippen LogP contribution is -1.82. The molecule has 0 saturated carbocycles. The molecule has 3 rings (SSSR count). The van der Waals surface area contributed by atoms with Crippen molar-refractivity contribution in [1.82, 2.24) is 0 Å². The number of benzene rings is 3. The van der Waals surface area contributed by atoms with Crippen LogP contribution < -0.4 is 0 Å². The molecule has 0 radical (unpaired) electrons. The molecule has 0 bridgehead atoms. The zero-order chi connectivity index (χ0) is 13.4. The molecule has 0 spiro atoms. The van der Waals surface area contributed by atoms with Gasteiger partial charge in [-0.05, 0) is 52.9 Å². The highest BCUT2D eigenvalue weighted by Gasteiger charge is 2.08. The topological polar surface area (TPSA) is 60.7 Å². The van der Waals surface area contributed by atoms with E-state index in [1.54, 1.807) is 30.3 Å². The minimum absolute atomic E-state index is 0.116. The average molecular weight is 252 g/mol. The Labute approximate surface area is 110 Å². The van der Waals surface area contributed by atoms with Gasteiger partial charge in [0, 0.05) is 5.39 Å². The standard InChI is InChI=1S/C16H12O3/c17-11-3-1-10(2-4-11)13-7-8-16(19)15-9-12(18)5-6-14(13)15/h1-9,17-19H. The maximum absolute atomic E-state index is 9.86. The summed E-state index contributed by atoms with van der Waals surface area (Å²) < 4.78 is 0. The summed E-state index contributed by atoms with van der Waals surface area (Å²) in [6, 6.07) is 15.2. The molecule has 0 atom stereocenters. The number of fused-ring (bicyclic) bond motifs is 1. The van der Waals surface area contributed by atoms with E-state index < -0.39 is 0 Å². The van der Waals surface area contributed by atoms with Crippen LogP contribution >= 0.6 is 0 Å². The van der Waals surface area contributed by atoms with Crippen molar-refractivity contribution in [3.8, 4) is 28.4 Å². The summed E-state index contributed by atoms with van der Waals surface area (Å²) >= 11 is 0. The zero-order valence-electron chi connectivity index (χ0n) is 10.0. The van der Waals surface area contributed by atoms with Crippen molar-refractivity contribution in [2.45, 2.75) is 0 Å². The molecule has 0 aliphatic rings. The first-order chi connectivity index (χ1) is 9.15. The van der Waals surface area contributed by atoms with Gasteiger partial charge in [-0.25, -0.2) is 0 Å². The van der Waals surface area contributed by atoms with Gasteiger partial charge >= 0.3 is 0 Å². The minimum atomic E-state index is 0.116. The molecule has 94 valence electrons. The Morgan fingerprint density at radius 3 is 2.00 bits per heavy atom. The molecule has 0 heterocycles. The van der Waals surface area contributed by atoms with Crippen molar-refractivity contribution >= 4 is 10.8 Å². The van der Waals surface area contributed by atoms with Crippen LogP contribution in [0.25, 0.3) is 21.9 Å². The van der Waals surface area contributed by atoms with Gasteiger partial charge in [0.15, 0.2) is 0 Å². The van der Waals surface area contributed by atoms with Crippen LogP contribution in [-0.2, 0) is 0 Å². The Morgan fingerprint density at radius 2 is 1.26 bits per heavy atom. The Bertz CT molecular complexity index is 746. The third-order valence-electron chi connectivity index (χ3n) is 3.16. The van der Waals surface area contributed by atoms with Crippen LogP contribution in [0.1, 0.15) is 0 Å². The number of hydrogen-bond donors (Lipinski definition) is 3. The summed E-state index contributed by atoms with van der Waals surface area (Å²) in [6.45, 7) is 0. The van der Waals surface area contributed by atoms with E-state index in [0.29, 0.717) is 5.39 Å². The summed E-state index contributed by atoms with van der Waals surface area (Å²) in [5, 5.41) is 30.1. The van der Waals surface area contributed by atoms with E-state index in [0.717, 1.165) is 16.5 Å². The van der Waals surface area contributed by atoms with Crippen LogP contribution in [0.2, 0.25) is 0 Å². The highest BCUT2D eigenvalue weighted by molar-refractivity contribution is 6.00. The SMILES string of the molecule is Oc1ccc(-c2ccc(O)c3cc(O)ccc23)cc1. The second-order valence-corrected chi connectivity index (χ2v) is 4.41.